The number of nitrogens with zero attached hydrogens (tertiary/aromatic N) is 4. The van der Waals surface area contributed by atoms with Crippen LogP contribution in [-0.4, -0.2) is 21.6 Å². The highest BCUT2D eigenvalue weighted by atomic mass is 19.1. The molecule has 136 valence electrons. The first-order valence-corrected chi connectivity index (χ1v) is 8.08. The number of aryl methyl sites for hydroxylation is 1. The van der Waals surface area contributed by atoms with Crippen LogP contribution in [0.1, 0.15) is 17.9 Å². The zero-order valence-corrected chi connectivity index (χ0v) is 14.1. The van der Waals surface area contributed by atoms with Gasteiger partial charge in [-0.15, -0.1) is 0 Å². The predicted molar refractivity (Wildman–Crippen MR) is 94.3 cm³/mol. The van der Waals surface area contributed by atoms with Crippen LogP contribution >= 0.6 is 0 Å². The topological polar surface area (TPSA) is 118 Å². The maximum absolute atomic E-state index is 12.9. The van der Waals surface area contributed by atoms with E-state index in [4.69, 9.17) is 9.78 Å². The highest BCUT2D eigenvalue weighted by Crippen LogP contribution is 2.25. The zero-order chi connectivity index (χ0) is 19.2. The number of hydrogen-bond donors (Lipinski definition) is 1. The molecular weight excluding hydrogens is 353 g/mol. The molecule has 0 saturated heterocycles. The maximum atomic E-state index is 12.9. The lowest BCUT2D eigenvalue weighted by Gasteiger charge is -2.06. The number of nitro groups is 1. The molecule has 0 atom stereocenters. The summed E-state index contributed by atoms with van der Waals surface area (Å²) in [6.07, 6.45) is 1.08. The highest BCUT2D eigenvalue weighted by molar-refractivity contribution is 5.64. The molecule has 3 aromatic rings. The van der Waals surface area contributed by atoms with Crippen LogP contribution in [0.4, 0.5) is 15.8 Å². The third kappa shape index (κ3) is 4.43. The van der Waals surface area contributed by atoms with Gasteiger partial charge < -0.3 is 9.84 Å². The summed E-state index contributed by atoms with van der Waals surface area (Å²) in [5, 5.41) is 26.8. The summed E-state index contributed by atoms with van der Waals surface area (Å²) in [4.78, 5) is 14.8. The number of benzene rings is 2. The zero-order valence-electron chi connectivity index (χ0n) is 14.1. The van der Waals surface area contributed by atoms with Crippen molar-refractivity contribution in [3.05, 3.63) is 69.9 Å². The highest BCUT2D eigenvalue weighted by Gasteiger charge is 2.14. The lowest BCUT2D eigenvalue weighted by atomic mass is 10.2. The molecule has 0 amide bonds. The second-order valence-corrected chi connectivity index (χ2v) is 5.65. The molecule has 0 radical (unpaired) electrons. The Kier molecular flexibility index (Phi) is 5.37. The van der Waals surface area contributed by atoms with E-state index in [9.17, 15) is 14.5 Å². The van der Waals surface area contributed by atoms with Crippen LogP contribution in [0.25, 0.3) is 11.4 Å². The average Bonchev–Trinajstić information content (AvgIpc) is 3.14. The third-order valence-corrected chi connectivity index (χ3v) is 3.78. The summed E-state index contributed by atoms with van der Waals surface area (Å²) >= 11 is 0. The van der Waals surface area contributed by atoms with Crippen molar-refractivity contribution in [2.45, 2.75) is 12.8 Å². The lowest BCUT2D eigenvalue weighted by molar-refractivity contribution is -0.384. The summed E-state index contributed by atoms with van der Waals surface area (Å²) in [6, 6.07) is 11.9. The van der Waals surface area contributed by atoms with Crippen LogP contribution in [-0.2, 0) is 6.42 Å². The fourth-order valence-electron chi connectivity index (χ4n) is 2.44. The molecule has 2 aromatic carbocycles. The molecule has 9 heteroatoms. The quantitative estimate of drug-likeness (QED) is 0.384. The van der Waals surface area contributed by atoms with Gasteiger partial charge in [0.25, 0.3) is 5.69 Å². The Morgan fingerprint density at radius 3 is 2.74 bits per heavy atom. The van der Waals surface area contributed by atoms with E-state index < -0.39 is 4.92 Å². The number of aromatic nitrogens is 2. The molecular formula is C18H14FN5O3. The van der Waals surface area contributed by atoms with Gasteiger partial charge in [-0.2, -0.15) is 10.2 Å². The van der Waals surface area contributed by atoms with Crippen molar-refractivity contribution >= 4 is 11.4 Å². The van der Waals surface area contributed by atoms with E-state index in [1.807, 2.05) is 6.07 Å². The maximum Gasteiger partial charge on any atom is 0.293 e. The molecule has 0 aliphatic carbocycles. The Hall–Kier alpha value is -3.80. The summed E-state index contributed by atoms with van der Waals surface area (Å²) < 4.78 is 18.1. The number of nitrogens with one attached hydrogen (secondary N) is 1. The molecule has 0 unspecified atom stereocenters. The summed E-state index contributed by atoms with van der Waals surface area (Å²) in [5.74, 6) is 0.455. The van der Waals surface area contributed by atoms with E-state index in [1.54, 1.807) is 12.1 Å². The van der Waals surface area contributed by atoms with Crippen LogP contribution < -0.4 is 5.32 Å². The fourth-order valence-corrected chi connectivity index (χ4v) is 2.44. The van der Waals surface area contributed by atoms with E-state index in [0.29, 0.717) is 42.4 Å². The Bertz CT molecular complexity index is 995. The number of rotatable bonds is 7. The van der Waals surface area contributed by atoms with Crippen LogP contribution in [0.3, 0.4) is 0 Å². The van der Waals surface area contributed by atoms with Crippen LogP contribution in [0.15, 0.2) is 47.0 Å². The van der Waals surface area contributed by atoms with Crippen molar-refractivity contribution in [3.63, 3.8) is 0 Å². The molecule has 0 saturated carbocycles. The second-order valence-electron chi connectivity index (χ2n) is 5.65. The van der Waals surface area contributed by atoms with Gasteiger partial charge in [0.2, 0.25) is 11.7 Å². The minimum Gasteiger partial charge on any atom is -0.379 e. The molecule has 0 bridgehead atoms. The average molecular weight is 367 g/mol. The van der Waals surface area contributed by atoms with E-state index in [1.165, 1.54) is 30.3 Å². The van der Waals surface area contributed by atoms with Crippen LogP contribution in [0.5, 0.6) is 0 Å². The number of nitriles is 1. The Morgan fingerprint density at radius 2 is 2.04 bits per heavy atom. The molecule has 27 heavy (non-hydrogen) atoms. The third-order valence-electron chi connectivity index (χ3n) is 3.78. The van der Waals surface area contributed by atoms with Gasteiger partial charge in [-0.25, -0.2) is 4.39 Å². The van der Waals surface area contributed by atoms with Gasteiger partial charge in [0.15, 0.2) is 0 Å². The van der Waals surface area contributed by atoms with Gasteiger partial charge in [-0.05, 0) is 42.8 Å². The SMILES string of the molecule is N#Cc1ccc(NCCCc2nc(-c3ccc(F)cc3)no2)c([N+](=O)[O-])c1. The van der Waals surface area contributed by atoms with Gasteiger partial charge in [0.1, 0.15) is 11.5 Å². The normalized spacial score (nSPS) is 10.4. The molecule has 1 N–H and O–H groups in total. The smallest absolute Gasteiger partial charge is 0.293 e. The molecule has 0 spiro atoms. The monoisotopic (exact) mass is 367 g/mol. The van der Waals surface area contributed by atoms with Crippen molar-refractivity contribution < 1.29 is 13.8 Å². The minimum atomic E-state index is -0.532. The molecule has 1 aromatic heterocycles. The van der Waals surface area contributed by atoms with Gasteiger partial charge in [0.05, 0.1) is 16.6 Å². The first-order chi connectivity index (χ1) is 13.1. The van der Waals surface area contributed by atoms with E-state index in [-0.39, 0.29) is 17.1 Å². The van der Waals surface area contributed by atoms with Crippen LogP contribution in [0, 0.1) is 27.3 Å². The van der Waals surface area contributed by atoms with Crippen molar-refractivity contribution in [1.29, 1.82) is 5.26 Å². The Labute approximate surface area is 153 Å². The van der Waals surface area contributed by atoms with Gasteiger partial charge in [-0.3, -0.25) is 10.1 Å². The molecule has 0 aliphatic heterocycles. The first-order valence-electron chi connectivity index (χ1n) is 8.08. The molecule has 1 heterocycles. The summed E-state index contributed by atoms with van der Waals surface area (Å²) in [5.41, 5.74) is 1.08. The summed E-state index contributed by atoms with van der Waals surface area (Å²) in [6.45, 7) is 0.445. The molecule has 8 nitrogen and oxygen atoms in total. The molecule has 3 rings (SSSR count). The lowest BCUT2D eigenvalue weighted by Crippen LogP contribution is -2.05. The van der Waals surface area contributed by atoms with Crippen LogP contribution in [0.2, 0.25) is 0 Å². The first kappa shape index (κ1) is 18.0. The Morgan fingerprint density at radius 1 is 1.26 bits per heavy atom. The molecule has 0 fully saturated rings. The van der Waals surface area contributed by atoms with E-state index >= 15 is 0 Å². The van der Waals surface area contributed by atoms with Crippen molar-refractivity contribution in [1.82, 2.24) is 10.1 Å². The largest absolute Gasteiger partial charge is 0.379 e. The van der Waals surface area contributed by atoms with Crippen molar-refractivity contribution in [3.8, 4) is 17.5 Å². The fraction of sp³-hybridized carbons (Fsp3) is 0.167. The van der Waals surface area contributed by atoms with E-state index in [0.717, 1.165) is 0 Å². The predicted octanol–water partition coefficient (Wildman–Crippen LogP) is 3.70. The minimum absolute atomic E-state index is 0.148. The Balaban J connectivity index is 1.56. The van der Waals surface area contributed by atoms with Gasteiger partial charge in [-0.1, -0.05) is 5.16 Å². The molecule has 0 aliphatic rings. The standard InChI is InChI=1S/C18H14FN5O3/c19-14-6-4-13(5-7-14)18-22-17(27-23-18)2-1-9-21-15-8-3-12(11-20)10-16(15)24(25)26/h3-8,10,21H,1-2,9H2. The van der Waals surface area contributed by atoms with E-state index in [2.05, 4.69) is 15.5 Å². The van der Waals surface area contributed by atoms with Crippen molar-refractivity contribution in [2.75, 3.05) is 11.9 Å². The second kappa shape index (κ2) is 8.05. The number of nitro benzene ring substituents is 1. The van der Waals surface area contributed by atoms with Crippen molar-refractivity contribution in [2.24, 2.45) is 0 Å². The summed E-state index contributed by atoms with van der Waals surface area (Å²) in [7, 11) is 0. The van der Waals surface area contributed by atoms with Gasteiger partial charge in [0, 0.05) is 24.6 Å². The number of anilines is 1. The number of hydrogen-bond acceptors (Lipinski definition) is 7. The number of halogens is 1. The van der Waals surface area contributed by atoms with Gasteiger partial charge >= 0.3 is 0 Å².